The van der Waals surface area contributed by atoms with Gasteiger partial charge in [0.2, 0.25) is 0 Å². The fourth-order valence-electron chi connectivity index (χ4n) is 1.90. The Kier molecular flexibility index (Phi) is 3.62. The summed E-state index contributed by atoms with van der Waals surface area (Å²) in [5.41, 5.74) is 1.14. The molecule has 0 aromatic carbocycles. The summed E-state index contributed by atoms with van der Waals surface area (Å²) < 4.78 is 0. The van der Waals surface area contributed by atoms with Crippen LogP contribution in [0.2, 0.25) is 0 Å². The Hall–Kier alpha value is -0.450. The molecule has 3 nitrogen and oxygen atoms in total. The number of nitrogens with zero attached hydrogens (tertiary/aromatic N) is 1. The summed E-state index contributed by atoms with van der Waals surface area (Å²) in [6.45, 7) is 5.09. The third kappa shape index (κ3) is 2.44. The van der Waals surface area contributed by atoms with Crippen LogP contribution in [0.3, 0.4) is 0 Å². The van der Waals surface area contributed by atoms with Crippen LogP contribution in [0, 0.1) is 0 Å². The zero-order valence-electron chi connectivity index (χ0n) is 10.0. The average molecular weight is 240 g/mol. The molecule has 0 aliphatic heterocycles. The molecule has 2 N–H and O–H groups in total. The van der Waals surface area contributed by atoms with Crippen molar-refractivity contribution in [2.75, 3.05) is 6.61 Å². The van der Waals surface area contributed by atoms with Gasteiger partial charge in [0, 0.05) is 17.0 Å². The van der Waals surface area contributed by atoms with Gasteiger partial charge in [-0.1, -0.05) is 6.92 Å². The van der Waals surface area contributed by atoms with Gasteiger partial charge in [-0.25, -0.2) is 4.98 Å². The van der Waals surface area contributed by atoms with Crippen molar-refractivity contribution in [3.05, 3.63) is 15.6 Å². The van der Waals surface area contributed by atoms with Crippen LogP contribution in [0.15, 0.2) is 0 Å². The SMILES string of the molecule is CCC(C)(CO)NCc1nc2c(s1)CCC2. The quantitative estimate of drug-likeness (QED) is 0.826. The Balaban J connectivity index is 1.94. The minimum atomic E-state index is -0.171. The number of aryl methyl sites for hydroxylation is 2. The summed E-state index contributed by atoms with van der Waals surface area (Å²) in [6, 6.07) is 0. The lowest BCUT2D eigenvalue weighted by Crippen LogP contribution is -2.44. The summed E-state index contributed by atoms with van der Waals surface area (Å²) in [5.74, 6) is 0. The molecule has 1 atom stereocenters. The standard InChI is InChI=1S/C12H20N2OS/c1-3-12(2,8-15)13-7-11-14-9-5-4-6-10(9)16-11/h13,15H,3-8H2,1-2H3. The average Bonchev–Trinajstić information content (AvgIpc) is 2.86. The monoisotopic (exact) mass is 240 g/mol. The van der Waals surface area contributed by atoms with Gasteiger partial charge in [0.25, 0.3) is 0 Å². The van der Waals surface area contributed by atoms with Crippen LogP contribution in [0.25, 0.3) is 0 Å². The molecule has 16 heavy (non-hydrogen) atoms. The molecule has 0 fully saturated rings. The van der Waals surface area contributed by atoms with E-state index in [1.165, 1.54) is 23.4 Å². The van der Waals surface area contributed by atoms with Gasteiger partial charge in [-0.05, 0) is 32.6 Å². The Morgan fingerprint density at radius 1 is 1.50 bits per heavy atom. The highest BCUT2D eigenvalue weighted by Gasteiger charge is 2.22. The van der Waals surface area contributed by atoms with Gasteiger partial charge in [-0.3, -0.25) is 0 Å². The molecule has 0 amide bonds. The van der Waals surface area contributed by atoms with Crippen molar-refractivity contribution in [1.82, 2.24) is 10.3 Å². The predicted octanol–water partition coefficient (Wildman–Crippen LogP) is 1.88. The van der Waals surface area contributed by atoms with E-state index in [2.05, 4.69) is 17.2 Å². The van der Waals surface area contributed by atoms with Crippen LogP contribution < -0.4 is 5.32 Å². The van der Waals surface area contributed by atoms with E-state index < -0.39 is 0 Å². The van der Waals surface area contributed by atoms with E-state index in [0.29, 0.717) is 0 Å². The van der Waals surface area contributed by atoms with Crippen molar-refractivity contribution in [2.24, 2.45) is 0 Å². The second-order valence-corrected chi connectivity index (χ2v) is 5.93. The van der Waals surface area contributed by atoms with E-state index >= 15 is 0 Å². The van der Waals surface area contributed by atoms with Crippen LogP contribution in [0.4, 0.5) is 0 Å². The lowest BCUT2D eigenvalue weighted by molar-refractivity contribution is 0.169. The molecule has 0 radical (unpaired) electrons. The third-order valence-corrected chi connectivity index (χ3v) is 4.59. The van der Waals surface area contributed by atoms with Gasteiger partial charge in [0.1, 0.15) is 5.01 Å². The van der Waals surface area contributed by atoms with Gasteiger partial charge in [0.05, 0.1) is 12.3 Å². The topological polar surface area (TPSA) is 45.1 Å². The van der Waals surface area contributed by atoms with E-state index in [1.807, 2.05) is 18.3 Å². The van der Waals surface area contributed by atoms with E-state index in [0.717, 1.165) is 24.4 Å². The Morgan fingerprint density at radius 2 is 2.31 bits per heavy atom. The lowest BCUT2D eigenvalue weighted by Gasteiger charge is -2.26. The molecule has 1 aromatic rings. The first-order chi connectivity index (χ1) is 7.67. The van der Waals surface area contributed by atoms with E-state index in [4.69, 9.17) is 0 Å². The van der Waals surface area contributed by atoms with E-state index in [9.17, 15) is 5.11 Å². The highest BCUT2D eigenvalue weighted by Crippen LogP contribution is 2.27. The van der Waals surface area contributed by atoms with Crippen molar-refractivity contribution in [1.29, 1.82) is 0 Å². The number of hydrogen-bond acceptors (Lipinski definition) is 4. The largest absolute Gasteiger partial charge is 0.394 e. The highest BCUT2D eigenvalue weighted by atomic mass is 32.1. The molecule has 1 aliphatic carbocycles. The van der Waals surface area contributed by atoms with Crippen molar-refractivity contribution < 1.29 is 5.11 Å². The summed E-state index contributed by atoms with van der Waals surface area (Å²) in [7, 11) is 0. The van der Waals surface area contributed by atoms with Crippen LogP contribution in [0.5, 0.6) is 0 Å². The van der Waals surface area contributed by atoms with Crippen molar-refractivity contribution >= 4 is 11.3 Å². The van der Waals surface area contributed by atoms with Crippen LogP contribution >= 0.6 is 11.3 Å². The zero-order chi connectivity index (χ0) is 11.6. The van der Waals surface area contributed by atoms with Gasteiger partial charge in [-0.15, -0.1) is 11.3 Å². The first-order valence-electron chi connectivity index (χ1n) is 6.00. The normalized spacial score (nSPS) is 18.4. The summed E-state index contributed by atoms with van der Waals surface area (Å²) in [6.07, 6.45) is 4.55. The summed E-state index contributed by atoms with van der Waals surface area (Å²) in [4.78, 5) is 6.11. The molecule has 0 spiro atoms. The molecule has 2 rings (SSSR count). The Morgan fingerprint density at radius 3 is 2.94 bits per heavy atom. The molecule has 90 valence electrons. The molecule has 0 saturated heterocycles. The molecular weight excluding hydrogens is 220 g/mol. The van der Waals surface area contributed by atoms with Gasteiger partial charge < -0.3 is 10.4 Å². The second-order valence-electron chi connectivity index (χ2n) is 4.76. The zero-order valence-corrected chi connectivity index (χ0v) is 10.9. The van der Waals surface area contributed by atoms with Crippen molar-refractivity contribution in [2.45, 2.75) is 51.6 Å². The van der Waals surface area contributed by atoms with E-state index in [-0.39, 0.29) is 12.1 Å². The van der Waals surface area contributed by atoms with Gasteiger partial charge in [0.15, 0.2) is 0 Å². The minimum Gasteiger partial charge on any atom is -0.394 e. The number of aliphatic hydroxyl groups excluding tert-OH is 1. The Labute approximate surface area is 101 Å². The molecule has 1 aliphatic rings. The minimum absolute atomic E-state index is 0.171. The third-order valence-electron chi connectivity index (χ3n) is 3.44. The molecule has 0 bridgehead atoms. The molecule has 1 heterocycles. The lowest BCUT2D eigenvalue weighted by atomic mass is 10.0. The fourth-order valence-corrected chi connectivity index (χ4v) is 3.00. The van der Waals surface area contributed by atoms with Crippen LogP contribution in [-0.4, -0.2) is 22.2 Å². The fraction of sp³-hybridized carbons (Fsp3) is 0.750. The molecule has 1 aromatic heterocycles. The van der Waals surface area contributed by atoms with E-state index in [1.54, 1.807) is 0 Å². The molecule has 0 saturated carbocycles. The van der Waals surface area contributed by atoms with Crippen molar-refractivity contribution in [3.63, 3.8) is 0 Å². The molecule has 1 unspecified atom stereocenters. The maximum Gasteiger partial charge on any atom is 0.107 e. The number of rotatable bonds is 5. The first-order valence-corrected chi connectivity index (χ1v) is 6.82. The Bertz CT molecular complexity index is 336. The number of aromatic nitrogens is 1. The maximum atomic E-state index is 9.30. The van der Waals surface area contributed by atoms with Gasteiger partial charge in [-0.2, -0.15) is 0 Å². The summed E-state index contributed by atoms with van der Waals surface area (Å²) >= 11 is 1.83. The number of thiazole rings is 1. The van der Waals surface area contributed by atoms with Crippen LogP contribution in [0.1, 0.15) is 42.3 Å². The number of aliphatic hydroxyl groups is 1. The highest BCUT2D eigenvalue weighted by molar-refractivity contribution is 7.11. The number of nitrogens with one attached hydrogen (secondary N) is 1. The maximum absolute atomic E-state index is 9.30. The molecule has 4 heteroatoms. The number of hydrogen-bond donors (Lipinski definition) is 2. The smallest absolute Gasteiger partial charge is 0.107 e. The summed E-state index contributed by atoms with van der Waals surface area (Å²) in [5, 5.41) is 13.9. The molecular formula is C12H20N2OS. The second kappa shape index (κ2) is 4.82. The number of fused-ring (bicyclic) bond motifs is 1. The van der Waals surface area contributed by atoms with Gasteiger partial charge >= 0.3 is 0 Å². The first kappa shape index (κ1) is 12.0. The predicted molar refractivity (Wildman–Crippen MR) is 66.8 cm³/mol. The van der Waals surface area contributed by atoms with Crippen LogP contribution in [-0.2, 0) is 19.4 Å². The van der Waals surface area contributed by atoms with Crippen molar-refractivity contribution in [3.8, 4) is 0 Å².